The minimum atomic E-state index is -0.450. The number of carbonyl (C=O) groups is 2. The summed E-state index contributed by atoms with van der Waals surface area (Å²) < 4.78 is 16.5. The van der Waals surface area contributed by atoms with E-state index in [1.807, 2.05) is 37.3 Å². The molecule has 0 N–H and O–H groups in total. The van der Waals surface area contributed by atoms with E-state index in [4.69, 9.17) is 26.4 Å². The molecule has 0 saturated carbocycles. The Morgan fingerprint density at radius 2 is 1.83 bits per heavy atom. The monoisotopic (exact) mass is 443 g/mol. The summed E-state index contributed by atoms with van der Waals surface area (Å²) in [4.78, 5) is 26.5. The Labute approximate surface area is 184 Å². The first-order valence-corrected chi connectivity index (χ1v) is 10.6. The van der Waals surface area contributed by atoms with E-state index in [9.17, 15) is 9.59 Å². The quantitative estimate of drug-likeness (QED) is 0.340. The highest BCUT2D eigenvalue weighted by Gasteiger charge is 2.33. The van der Waals surface area contributed by atoms with Gasteiger partial charge in [-0.05, 0) is 49.8 Å². The van der Waals surface area contributed by atoms with Crippen LogP contribution in [0.1, 0.15) is 19.4 Å². The maximum absolute atomic E-state index is 12.9. The summed E-state index contributed by atoms with van der Waals surface area (Å²) >= 11 is 6.65. The number of ether oxygens (including phenoxy) is 3. The smallest absolute Gasteiger partial charge is 0.344 e. The number of anilines is 1. The van der Waals surface area contributed by atoms with Crippen molar-refractivity contribution in [3.05, 3.63) is 59.0 Å². The van der Waals surface area contributed by atoms with Gasteiger partial charge in [-0.15, -0.1) is 0 Å². The predicted molar refractivity (Wildman–Crippen MR) is 122 cm³/mol. The SMILES string of the molecule is CCOC(=O)COc1ccc(C=C2SC(=S)N(c3ccccc3)C2=O)cc1OCC. The molecule has 0 atom stereocenters. The van der Waals surface area contributed by atoms with Gasteiger partial charge in [-0.1, -0.05) is 48.2 Å². The van der Waals surface area contributed by atoms with E-state index in [1.54, 1.807) is 31.2 Å². The lowest BCUT2D eigenvalue weighted by Crippen LogP contribution is -2.27. The molecule has 0 radical (unpaired) electrons. The van der Waals surface area contributed by atoms with Crippen LogP contribution < -0.4 is 14.4 Å². The van der Waals surface area contributed by atoms with Crippen LogP contribution in [0.25, 0.3) is 6.08 Å². The van der Waals surface area contributed by atoms with Gasteiger partial charge in [0.1, 0.15) is 0 Å². The average Bonchev–Trinajstić information content (AvgIpc) is 3.01. The highest BCUT2D eigenvalue weighted by atomic mass is 32.2. The van der Waals surface area contributed by atoms with Crippen molar-refractivity contribution in [1.82, 2.24) is 0 Å². The molecule has 2 aromatic rings. The van der Waals surface area contributed by atoms with Crippen LogP contribution in [0.4, 0.5) is 5.69 Å². The van der Waals surface area contributed by atoms with Gasteiger partial charge < -0.3 is 14.2 Å². The second kappa shape index (κ2) is 10.3. The molecule has 1 aliphatic rings. The normalized spacial score (nSPS) is 14.9. The largest absolute Gasteiger partial charge is 0.490 e. The Morgan fingerprint density at radius 3 is 2.53 bits per heavy atom. The first kappa shape index (κ1) is 21.9. The Balaban J connectivity index is 1.81. The number of thiocarbonyl (C=S) groups is 1. The van der Waals surface area contributed by atoms with Crippen molar-refractivity contribution in [3.8, 4) is 11.5 Å². The van der Waals surface area contributed by atoms with Gasteiger partial charge in [-0.3, -0.25) is 9.69 Å². The molecule has 30 heavy (non-hydrogen) atoms. The molecule has 1 amide bonds. The molecule has 0 aromatic heterocycles. The van der Waals surface area contributed by atoms with Gasteiger partial charge in [0.05, 0.1) is 23.8 Å². The zero-order valence-corrected chi connectivity index (χ0v) is 18.3. The van der Waals surface area contributed by atoms with Crippen molar-refractivity contribution in [2.24, 2.45) is 0 Å². The maximum atomic E-state index is 12.9. The van der Waals surface area contributed by atoms with E-state index in [2.05, 4.69) is 0 Å². The number of rotatable bonds is 8. The van der Waals surface area contributed by atoms with Crippen LogP contribution in [0.15, 0.2) is 53.4 Å². The second-order valence-electron chi connectivity index (χ2n) is 6.09. The number of nitrogens with zero attached hydrogens (tertiary/aromatic N) is 1. The Hall–Kier alpha value is -2.84. The van der Waals surface area contributed by atoms with E-state index in [0.717, 1.165) is 11.3 Å². The molecule has 0 unspecified atom stereocenters. The zero-order chi connectivity index (χ0) is 21.5. The summed E-state index contributed by atoms with van der Waals surface area (Å²) in [6, 6.07) is 14.6. The molecule has 0 bridgehead atoms. The van der Waals surface area contributed by atoms with E-state index >= 15 is 0 Å². The predicted octanol–water partition coefficient (Wildman–Crippen LogP) is 4.43. The van der Waals surface area contributed by atoms with Crippen molar-refractivity contribution in [2.45, 2.75) is 13.8 Å². The highest BCUT2D eigenvalue weighted by molar-refractivity contribution is 8.27. The molecule has 1 aliphatic heterocycles. The third-order valence-electron chi connectivity index (χ3n) is 4.02. The number of thioether (sulfide) groups is 1. The zero-order valence-electron chi connectivity index (χ0n) is 16.6. The third kappa shape index (κ3) is 5.20. The molecule has 0 aliphatic carbocycles. The van der Waals surface area contributed by atoms with E-state index in [1.165, 1.54) is 16.7 Å². The first-order valence-electron chi connectivity index (χ1n) is 9.41. The second-order valence-corrected chi connectivity index (χ2v) is 7.76. The van der Waals surface area contributed by atoms with Crippen molar-refractivity contribution in [3.63, 3.8) is 0 Å². The van der Waals surface area contributed by atoms with Crippen LogP contribution in [0, 0.1) is 0 Å². The highest BCUT2D eigenvalue weighted by Crippen LogP contribution is 2.37. The van der Waals surface area contributed by atoms with Gasteiger partial charge in [-0.2, -0.15) is 0 Å². The fourth-order valence-corrected chi connectivity index (χ4v) is 4.06. The number of hydrogen-bond donors (Lipinski definition) is 0. The number of esters is 1. The van der Waals surface area contributed by atoms with E-state index in [-0.39, 0.29) is 12.5 Å². The summed E-state index contributed by atoms with van der Waals surface area (Å²) in [5, 5.41) is 0. The molecule has 0 spiro atoms. The Morgan fingerprint density at radius 1 is 1.07 bits per heavy atom. The number of para-hydroxylation sites is 1. The van der Waals surface area contributed by atoms with Crippen molar-refractivity contribution >= 4 is 51.9 Å². The van der Waals surface area contributed by atoms with Crippen molar-refractivity contribution in [2.75, 3.05) is 24.7 Å². The minimum absolute atomic E-state index is 0.170. The maximum Gasteiger partial charge on any atom is 0.344 e. The molecule has 1 saturated heterocycles. The molecule has 3 rings (SSSR count). The third-order valence-corrected chi connectivity index (χ3v) is 5.33. The molecule has 2 aromatic carbocycles. The summed E-state index contributed by atoms with van der Waals surface area (Å²) in [6.45, 7) is 4.10. The number of amides is 1. The molecule has 1 heterocycles. The fraction of sp³-hybridized carbons (Fsp3) is 0.227. The first-order chi connectivity index (χ1) is 14.5. The van der Waals surface area contributed by atoms with Crippen LogP contribution in [-0.4, -0.2) is 36.0 Å². The average molecular weight is 444 g/mol. The molecule has 6 nitrogen and oxygen atoms in total. The lowest BCUT2D eigenvalue weighted by atomic mass is 10.1. The van der Waals surface area contributed by atoms with Gasteiger partial charge in [-0.25, -0.2) is 4.79 Å². The molecular formula is C22H21NO5S2. The van der Waals surface area contributed by atoms with Crippen LogP contribution in [0.2, 0.25) is 0 Å². The van der Waals surface area contributed by atoms with Crippen molar-refractivity contribution < 1.29 is 23.8 Å². The standard InChI is InChI=1S/C22H21NO5S2/c1-3-26-18-12-15(10-11-17(18)28-14-20(24)27-4-2)13-19-21(25)23(22(29)30-19)16-8-6-5-7-9-16/h5-13H,3-4,14H2,1-2H3. The van der Waals surface area contributed by atoms with E-state index in [0.29, 0.717) is 33.9 Å². The van der Waals surface area contributed by atoms with Gasteiger partial charge in [0.2, 0.25) is 0 Å². The summed E-state index contributed by atoms with van der Waals surface area (Å²) in [5.41, 5.74) is 1.50. The van der Waals surface area contributed by atoms with Gasteiger partial charge in [0, 0.05) is 0 Å². The van der Waals surface area contributed by atoms with Gasteiger partial charge >= 0.3 is 5.97 Å². The molecular weight excluding hydrogens is 422 g/mol. The Kier molecular flexibility index (Phi) is 7.48. The molecule has 1 fully saturated rings. The van der Waals surface area contributed by atoms with Gasteiger partial charge in [0.15, 0.2) is 22.4 Å². The minimum Gasteiger partial charge on any atom is -0.490 e. The molecule has 156 valence electrons. The van der Waals surface area contributed by atoms with Crippen LogP contribution in [0.3, 0.4) is 0 Å². The molecule has 8 heteroatoms. The number of benzene rings is 2. The van der Waals surface area contributed by atoms with E-state index < -0.39 is 5.97 Å². The summed E-state index contributed by atoms with van der Waals surface area (Å²) in [5.74, 6) is 0.290. The van der Waals surface area contributed by atoms with Crippen LogP contribution >= 0.6 is 24.0 Å². The lowest BCUT2D eigenvalue weighted by molar-refractivity contribution is -0.145. The van der Waals surface area contributed by atoms with Crippen LogP contribution in [-0.2, 0) is 14.3 Å². The number of carbonyl (C=O) groups excluding carboxylic acids is 2. The fourth-order valence-electron chi connectivity index (χ4n) is 2.76. The topological polar surface area (TPSA) is 65.1 Å². The van der Waals surface area contributed by atoms with Crippen LogP contribution in [0.5, 0.6) is 11.5 Å². The lowest BCUT2D eigenvalue weighted by Gasteiger charge is -2.14. The van der Waals surface area contributed by atoms with Gasteiger partial charge in [0.25, 0.3) is 5.91 Å². The summed E-state index contributed by atoms with van der Waals surface area (Å²) in [7, 11) is 0. The summed E-state index contributed by atoms with van der Waals surface area (Å²) in [6.07, 6.45) is 1.76. The Bertz CT molecular complexity index is 975. The van der Waals surface area contributed by atoms with Crippen molar-refractivity contribution in [1.29, 1.82) is 0 Å². The number of hydrogen-bond acceptors (Lipinski definition) is 7.